The number of para-hydroxylation sites is 1. The second-order valence-electron chi connectivity index (χ2n) is 5.31. The van der Waals surface area contributed by atoms with Crippen LogP contribution in [0.5, 0.6) is 0 Å². The summed E-state index contributed by atoms with van der Waals surface area (Å²) in [6, 6.07) is 11.2. The first kappa shape index (κ1) is 15.6. The molecule has 0 saturated carbocycles. The highest BCUT2D eigenvalue weighted by molar-refractivity contribution is 8.00. The number of carbonyl (C=O) groups excluding carboxylic acids is 2. The molecular weight excluding hydrogens is 315 g/mol. The quantitative estimate of drug-likeness (QED) is 0.941. The van der Waals surface area contributed by atoms with Gasteiger partial charge in [-0.25, -0.2) is 4.39 Å². The van der Waals surface area contributed by atoms with Crippen molar-refractivity contribution in [2.75, 3.05) is 10.7 Å². The van der Waals surface area contributed by atoms with E-state index in [0.29, 0.717) is 17.0 Å². The molecule has 2 amide bonds. The van der Waals surface area contributed by atoms with Crippen molar-refractivity contribution >= 4 is 29.3 Å². The van der Waals surface area contributed by atoms with E-state index in [9.17, 15) is 14.0 Å². The minimum Gasteiger partial charge on any atom is -0.366 e. The average Bonchev–Trinajstić information content (AvgIpc) is 2.89. The van der Waals surface area contributed by atoms with Crippen LogP contribution in [-0.2, 0) is 4.79 Å². The molecule has 4 nitrogen and oxygen atoms in total. The van der Waals surface area contributed by atoms with E-state index in [4.69, 9.17) is 5.73 Å². The smallest absolute Gasteiger partial charge is 0.250 e. The zero-order valence-corrected chi connectivity index (χ0v) is 13.3. The Morgan fingerprint density at radius 2 is 1.96 bits per heavy atom. The maximum atomic E-state index is 13.2. The SMILES string of the molecule is Cc1cccc(C(N)=O)c1N1C(=O)CSC1c1ccc(F)cc1. The Morgan fingerprint density at radius 1 is 1.26 bits per heavy atom. The van der Waals surface area contributed by atoms with Crippen molar-refractivity contribution in [2.24, 2.45) is 5.73 Å². The molecule has 3 rings (SSSR count). The summed E-state index contributed by atoms with van der Waals surface area (Å²) in [5.41, 5.74) is 7.91. The summed E-state index contributed by atoms with van der Waals surface area (Å²) >= 11 is 1.44. The van der Waals surface area contributed by atoms with Crippen LogP contribution in [-0.4, -0.2) is 17.6 Å². The van der Waals surface area contributed by atoms with Gasteiger partial charge in [0.1, 0.15) is 11.2 Å². The number of nitrogens with zero attached hydrogens (tertiary/aromatic N) is 1. The molecule has 1 unspecified atom stereocenters. The van der Waals surface area contributed by atoms with Gasteiger partial charge in [0.15, 0.2) is 0 Å². The molecular formula is C17H15FN2O2S. The molecule has 2 aromatic rings. The zero-order valence-electron chi connectivity index (χ0n) is 12.5. The Labute approximate surface area is 137 Å². The Kier molecular flexibility index (Phi) is 4.09. The minimum atomic E-state index is -0.578. The molecule has 6 heteroatoms. The van der Waals surface area contributed by atoms with Crippen LogP contribution >= 0.6 is 11.8 Å². The molecule has 1 aliphatic heterocycles. The summed E-state index contributed by atoms with van der Waals surface area (Å²) in [7, 11) is 0. The number of thioether (sulfide) groups is 1. The lowest BCUT2D eigenvalue weighted by atomic mass is 10.0. The molecule has 1 aliphatic rings. The van der Waals surface area contributed by atoms with Crippen molar-refractivity contribution in [3.63, 3.8) is 0 Å². The van der Waals surface area contributed by atoms with Crippen LogP contribution < -0.4 is 10.6 Å². The van der Waals surface area contributed by atoms with Crippen molar-refractivity contribution in [3.05, 3.63) is 65.0 Å². The molecule has 23 heavy (non-hydrogen) atoms. The lowest BCUT2D eigenvalue weighted by Crippen LogP contribution is -2.31. The molecule has 2 N–H and O–H groups in total. The fraction of sp³-hybridized carbons (Fsp3) is 0.176. The first-order valence-electron chi connectivity index (χ1n) is 7.07. The van der Waals surface area contributed by atoms with Gasteiger partial charge in [-0.3, -0.25) is 14.5 Å². The van der Waals surface area contributed by atoms with Gasteiger partial charge in [-0.1, -0.05) is 24.3 Å². The largest absolute Gasteiger partial charge is 0.366 e. The number of nitrogens with two attached hydrogens (primary N) is 1. The van der Waals surface area contributed by atoms with Crippen LogP contribution in [0.2, 0.25) is 0 Å². The molecule has 0 spiro atoms. The van der Waals surface area contributed by atoms with Crippen molar-refractivity contribution < 1.29 is 14.0 Å². The van der Waals surface area contributed by atoms with Gasteiger partial charge in [0.25, 0.3) is 5.91 Å². The molecule has 1 fully saturated rings. The van der Waals surface area contributed by atoms with Crippen LogP contribution in [0.3, 0.4) is 0 Å². The van der Waals surface area contributed by atoms with Gasteiger partial charge in [-0.05, 0) is 36.2 Å². The second-order valence-corrected chi connectivity index (χ2v) is 6.38. The van der Waals surface area contributed by atoms with Crippen molar-refractivity contribution in [1.29, 1.82) is 0 Å². The van der Waals surface area contributed by atoms with E-state index in [-0.39, 0.29) is 17.1 Å². The number of rotatable bonds is 3. The summed E-state index contributed by atoms with van der Waals surface area (Å²) in [6.07, 6.45) is 0. The molecule has 2 aromatic carbocycles. The first-order valence-corrected chi connectivity index (χ1v) is 8.12. The van der Waals surface area contributed by atoms with Gasteiger partial charge in [0.05, 0.1) is 17.0 Å². The molecule has 1 atom stereocenters. The number of hydrogen-bond acceptors (Lipinski definition) is 3. The van der Waals surface area contributed by atoms with E-state index in [1.807, 2.05) is 13.0 Å². The summed E-state index contributed by atoms with van der Waals surface area (Å²) in [5.74, 6) is -0.704. The summed E-state index contributed by atoms with van der Waals surface area (Å²) < 4.78 is 13.2. The fourth-order valence-electron chi connectivity index (χ4n) is 2.72. The molecule has 1 heterocycles. The molecule has 0 aliphatic carbocycles. The number of primary amides is 1. The molecule has 0 bridgehead atoms. The monoisotopic (exact) mass is 330 g/mol. The number of benzene rings is 2. The van der Waals surface area contributed by atoms with Crippen LogP contribution in [0, 0.1) is 12.7 Å². The van der Waals surface area contributed by atoms with Crippen molar-refractivity contribution in [3.8, 4) is 0 Å². The topological polar surface area (TPSA) is 63.4 Å². The lowest BCUT2D eigenvalue weighted by Gasteiger charge is -2.27. The van der Waals surface area contributed by atoms with Crippen molar-refractivity contribution in [1.82, 2.24) is 0 Å². The minimum absolute atomic E-state index is 0.0962. The third-order valence-corrected chi connectivity index (χ3v) is 4.98. The van der Waals surface area contributed by atoms with E-state index < -0.39 is 5.91 Å². The standard InChI is InChI=1S/C17H15FN2O2S/c1-10-3-2-4-13(16(19)22)15(10)20-14(21)9-23-17(20)11-5-7-12(18)8-6-11/h2-8,17H,9H2,1H3,(H2,19,22). The third kappa shape index (κ3) is 2.82. The summed E-state index contributed by atoms with van der Waals surface area (Å²) in [5, 5.41) is -0.303. The summed E-state index contributed by atoms with van der Waals surface area (Å²) in [4.78, 5) is 25.8. The van der Waals surface area contributed by atoms with Gasteiger partial charge in [0, 0.05) is 0 Å². The fourth-order valence-corrected chi connectivity index (χ4v) is 3.88. The highest BCUT2D eigenvalue weighted by Gasteiger charge is 2.36. The van der Waals surface area contributed by atoms with E-state index in [1.54, 1.807) is 29.2 Å². The Morgan fingerprint density at radius 3 is 2.61 bits per heavy atom. The van der Waals surface area contributed by atoms with Crippen molar-refractivity contribution in [2.45, 2.75) is 12.3 Å². The number of carbonyl (C=O) groups is 2. The van der Waals surface area contributed by atoms with Gasteiger partial charge in [-0.2, -0.15) is 0 Å². The second kappa shape index (κ2) is 6.04. The van der Waals surface area contributed by atoms with Gasteiger partial charge >= 0.3 is 0 Å². The number of amides is 2. The predicted molar refractivity (Wildman–Crippen MR) is 88.8 cm³/mol. The Bertz CT molecular complexity index is 777. The maximum Gasteiger partial charge on any atom is 0.250 e. The normalized spacial score (nSPS) is 17.6. The number of anilines is 1. The average molecular weight is 330 g/mol. The Balaban J connectivity index is 2.11. The van der Waals surface area contributed by atoms with Gasteiger partial charge in [0.2, 0.25) is 5.91 Å². The zero-order chi connectivity index (χ0) is 16.6. The summed E-state index contributed by atoms with van der Waals surface area (Å²) in [6.45, 7) is 1.83. The molecule has 0 aromatic heterocycles. The molecule has 0 radical (unpaired) electrons. The maximum absolute atomic E-state index is 13.2. The van der Waals surface area contributed by atoms with E-state index >= 15 is 0 Å². The number of aryl methyl sites for hydroxylation is 1. The lowest BCUT2D eigenvalue weighted by molar-refractivity contribution is -0.115. The number of halogens is 1. The van der Waals surface area contributed by atoms with E-state index in [2.05, 4.69) is 0 Å². The van der Waals surface area contributed by atoms with Crippen LogP contribution in [0.15, 0.2) is 42.5 Å². The van der Waals surface area contributed by atoms with Gasteiger partial charge in [-0.15, -0.1) is 11.8 Å². The predicted octanol–water partition coefficient (Wildman–Crippen LogP) is 3.01. The first-order chi connectivity index (χ1) is 11.0. The molecule has 1 saturated heterocycles. The van der Waals surface area contributed by atoms with E-state index in [1.165, 1.54) is 23.9 Å². The van der Waals surface area contributed by atoms with Gasteiger partial charge < -0.3 is 5.73 Å². The molecule has 118 valence electrons. The van der Waals surface area contributed by atoms with E-state index in [0.717, 1.165) is 11.1 Å². The van der Waals surface area contributed by atoms with Crippen LogP contribution in [0.1, 0.15) is 26.9 Å². The van der Waals surface area contributed by atoms with Crippen LogP contribution in [0.25, 0.3) is 0 Å². The van der Waals surface area contributed by atoms with Crippen LogP contribution in [0.4, 0.5) is 10.1 Å². The third-order valence-electron chi connectivity index (χ3n) is 3.77. The highest BCUT2D eigenvalue weighted by atomic mass is 32.2. The highest BCUT2D eigenvalue weighted by Crippen LogP contribution is 2.43. The Hall–Kier alpha value is -2.34. The number of hydrogen-bond donors (Lipinski definition) is 1.